The Morgan fingerprint density at radius 3 is 2.37 bits per heavy atom. The van der Waals surface area contributed by atoms with Crippen LogP contribution in [0.1, 0.15) is 85.5 Å². The van der Waals surface area contributed by atoms with E-state index in [2.05, 4.69) is 40.3 Å². The lowest BCUT2D eigenvalue weighted by atomic mass is 9.63. The lowest BCUT2D eigenvalue weighted by molar-refractivity contribution is 0.0875. The first kappa shape index (κ1) is 16.8. The Kier molecular flexibility index (Phi) is 7.18. The number of rotatable bonds is 10. The molecule has 0 spiro atoms. The van der Waals surface area contributed by atoms with Gasteiger partial charge in [0.15, 0.2) is 0 Å². The van der Waals surface area contributed by atoms with Crippen LogP contribution in [0.2, 0.25) is 0 Å². The average molecular weight is 264 g/mol. The zero-order valence-electron chi connectivity index (χ0n) is 13.9. The van der Waals surface area contributed by atoms with Gasteiger partial charge in [-0.1, -0.05) is 72.3 Å². The van der Waals surface area contributed by atoms with Crippen molar-refractivity contribution in [1.29, 1.82) is 0 Å². The van der Waals surface area contributed by atoms with Crippen molar-refractivity contribution < 1.29 is 0 Å². The Morgan fingerprint density at radius 1 is 1.16 bits per heavy atom. The third-order valence-electron chi connectivity index (χ3n) is 5.14. The summed E-state index contributed by atoms with van der Waals surface area (Å²) in [6.45, 7) is 13.4. The van der Waals surface area contributed by atoms with Crippen LogP contribution in [0, 0.1) is 23.2 Å². The minimum Gasteiger partial charge on any atom is -0.103 e. The molecular weight excluding hydrogens is 228 g/mol. The van der Waals surface area contributed by atoms with E-state index in [9.17, 15) is 0 Å². The summed E-state index contributed by atoms with van der Waals surface area (Å²) >= 11 is 0. The van der Waals surface area contributed by atoms with Crippen molar-refractivity contribution in [2.45, 2.75) is 85.5 Å². The van der Waals surface area contributed by atoms with E-state index in [0.29, 0.717) is 11.3 Å². The van der Waals surface area contributed by atoms with Gasteiger partial charge in [0.25, 0.3) is 0 Å². The van der Waals surface area contributed by atoms with Gasteiger partial charge in [0.1, 0.15) is 0 Å². The molecule has 0 saturated heterocycles. The number of unbranched alkanes of at least 4 members (excludes halogenated alkanes) is 2. The number of allylic oxidation sites excluding steroid dienone is 1. The molecule has 2 atom stereocenters. The van der Waals surface area contributed by atoms with Crippen molar-refractivity contribution in [2.24, 2.45) is 23.2 Å². The minimum absolute atomic E-state index is 0.663. The summed E-state index contributed by atoms with van der Waals surface area (Å²) in [5.41, 5.74) is 0.663. The molecule has 1 fully saturated rings. The minimum atomic E-state index is 0.663. The molecule has 0 aliphatic heterocycles. The fourth-order valence-corrected chi connectivity index (χ4v) is 3.96. The van der Waals surface area contributed by atoms with Crippen LogP contribution < -0.4 is 0 Å². The second kappa shape index (κ2) is 8.12. The zero-order valence-corrected chi connectivity index (χ0v) is 13.9. The third-order valence-corrected chi connectivity index (χ3v) is 5.14. The lowest BCUT2D eigenvalue weighted by Gasteiger charge is -2.42. The molecule has 0 amide bonds. The van der Waals surface area contributed by atoms with E-state index in [0.717, 1.165) is 11.8 Å². The van der Waals surface area contributed by atoms with Gasteiger partial charge >= 0.3 is 0 Å². The molecular formula is C19H36. The van der Waals surface area contributed by atoms with Gasteiger partial charge in [-0.05, 0) is 42.4 Å². The second-order valence-corrected chi connectivity index (χ2v) is 7.72. The molecule has 2 unspecified atom stereocenters. The van der Waals surface area contributed by atoms with Crippen molar-refractivity contribution in [3.05, 3.63) is 12.7 Å². The number of hydrogen-bond donors (Lipinski definition) is 0. The fraction of sp³-hybridized carbons (Fsp3) is 0.895. The Morgan fingerprint density at radius 2 is 1.84 bits per heavy atom. The molecule has 1 aliphatic carbocycles. The highest BCUT2D eigenvalue weighted by molar-refractivity contribution is 4.86. The first-order valence-electron chi connectivity index (χ1n) is 8.61. The normalized spacial score (nSPS) is 21.7. The van der Waals surface area contributed by atoms with Crippen LogP contribution in [0.25, 0.3) is 0 Å². The maximum Gasteiger partial charge on any atom is -0.0236 e. The van der Waals surface area contributed by atoms with E-state index in [-0.39, 0.29) is 0 Å². The Bertz CT molecular complexity index is 243. The largest absolute Gasteiger partial charge is 0.103 e. The number of hydrogen-bond acceptors (Lipinski definition) is 0. The van der Waals surface area contributed by atoms with Crippen molar-refractivity contribution >= 4 is 0 Å². The summed E-state index contributed by atoms with van der Waals surface area (Å²) in [6, 6.07) is 0. The quantitative estimate of drug-likeness (QED) is 0.307. The van der Waals surface area contributed by atoms with Gasteiger partial charge < -0.3 is 0 Å². The van der Waals surface area contributed by atoms with Gasteiger partial charge in [-0.3, -0.25) is 0 Å². The van der Waals surface area contributed by atoms with Crippen molar-refractivity contribution in [3.8, 4) is 0 Å². The summed E-state index contributed by atoms with van der Waals surface area (Å²) in [5, 5.41) is 0. The molecule has 112 valence electrons. The molecule has 1 rings (SSSR count). The molecule has 0 heteroatoms. The second-order valence-electron chi connectivity index (χ2n) is 7.72. The van der Waals surface area contributed by atoms with Gasteiger partial charge in [-0.2, -0.15) is 0 Å². The van der Waals surface area contributed by atoms with E-state index in [1.807, 2.05) is 0 Å². The lowest BCUT2D eigenvalue weighted by Crippen LogP contribution is -2.31. The molecule has 0 heterocycles. The first-order chi connectivity index (χ1) is 8.98. The van der Waals surface area contributed by atoms with Gasteiger partial charge in [0.05, 0.1) is 0 Å². The summed E-state index contributed by atoms with van der Waals surface area (Å²) in [6.07, 6.45) is 15.0. The highest BCUT2D eigenvalue weighted by Gasteiger charge is 2.34. The Labute approximate surface area is 122 Å². The van der Waals surface area contributed by atoms with Crippen molar-refractivity contribution in [3.63, 3.8) is 0 Å². The molecule has 0 aromatic heterocycles. The van der Waals surface area contributed by atoms with Crippen LogP contribution in [0.4, 0.5) is 0 Å². The van der Waals surface area contributed by atoms with Gasteiger partial charge in [-0.15, -0.1) is 6.58 Å². The smallest absolute Gasteiger partial charge is 0.0236 e. The van der Waals surface area contributed by atoms with Crippen LogP contribution in [0.5, 0.6) is 0 Å². The molecule has 0 aromatic carbocycles. The Balaban J connectivity index is 2.04. The fourth-order valence-electron chi connectivity index (χ4n) is 3.96. The van der Waals surface area contributed by atoms with E-state index in [1.54, 1.807) is 0 Å². The molecule has 0 aromatic rings. The maximum absolute atomic E-state index is 3.96. The molecule has 1 saturated carbocycles. The van der Waals surface area contributed by atoms with Gasteiger partial charge in [0, 0.05) is 0 Å². The van der Waals surface area contributed by atoms with Crippen LogP contribution in [0.3, 0.4) is 0 Å². The van der Waals surface area contributed by atoms with E-state index in [4.69, 9.17) is 0 Å². The zero-order chi connectivity index (χ0) is 14.3. The van der Waals surface area contributed by atoms with Crippen molar-refractivity contribution in [1.82, 2.24) is 0 Å². The van der Waals surface area contributed by atoms with E-state index in [1.165, 1.54) is 57.8 Å². The summed E-state index contributed by atoms with van der Waals surface area (Å²) in [7, 11) is 0. The topological polar surface area (TPSA) is 0 Å². The van der Waals surface area contributed by atoms with Crippen LogP contribution in [-0.4, -0.2) is 0 Å². The average Bonchev–Trinajstić information content (AvgIpc) is 2.33. The predicted octanol–water partition coefficient (Wildman–Crippen LogP) is 6.61. The van der Waals surface area contributed by atoms with Gasteiger partial charge in [-0.25, -0.2) is 0 Å². The van der Waals surface area contributed by atoms with E-state index >= 15 is 0 Å². The highest BCUT2D eigenvalue weighted by Crippen LogP contribution is 2.46. The standard InChI is InChI=1S/C19H36/c1-6-11-18(16(3)7-2)13-10-8-9-12-17-14-19(4,5)15-17/h7,16-18H,2,6,8-15H2,1,3-5H3. The molecule has 0 radical (unpaired) electrons. The van der Waals surface area contributed by atoms with Crippen molar-refractivity contribution in [2.75, 3.05) is 0 Å². The molecule has 0 bridgehead atoms. The van der Waals surface area contributed by atoms with Crippen LogP contribution >= 0.6 is 0 Å². The monoisotopic (exact) mass is 264 g/mol. The Hall–Kier alpha value is -0.260. The highest BCUT2D eigenvalue weighted by atomic mass is 14.4. The molecule has 0 N–H and O–H groups in total. The molecule has 1 aliphatic rings. The first-order valence-corrected chi connectivity index (χ1v) is 8.61. The SMILES string of the molecule is C=CC(C)C(CCC)CCCCCC1CC(C)(C)C1. The van der Waals surface area contributed by atoms with E-state index < -0.39 is 0 Å². The third kappa shape index (κ3) is 6.15. The van der Waals surface area contributed by atoms with Crippen LogP contribution in [-0.2, 0) is 0 Å². The van der Waals surface area contributed by atoms with Gasteiger partial charge in [0.2, 0.25) is 0 Å². The summed E-state index contributed by atoms with van der Waals surface area (Å²) < 4.78 is 0. The molecule has 0 nitrogen and oxygen atoms in total. The van der Waals surface area contributed by atoms with Crippen LogP contribution in [0.15, 0.2) is 12.7 Å². The summed E-state index contributed by atoms with van der Waals surface area (Å²) in [4.78, 5) is 0. The summed E-state index contributed by atoms with van der Waals surface area (Å²) in [5.74, 6) is 2.63. The molecule has 19 heavy (non-hydrogen) atoms. The maximum atomic E-state index is 3.96. The predicted molar refractivity (Wildman–Crippen MR) is 87.3 cm³/mol.